The minimum absolute atomic E-state index is 0.0267. The van der Waals surface area contributed by atoms with Crippen LogP contribution in [0, 0.1) is 0 Å². The molecule has 1 saturated carbocycles. The van der Waals surface area contributed by atoms with E-state index in [-0.39, 0.29) is 17.4 Å². The van der Waals surface area contributed by atoms with E-state index >= 15 is 0 Å². The standard InChI is InChI=1S/C23H30N4O2S/c28-21(13-18-7-4-12-30-18)27-10-8-16(14-27)22-24-20-9-11-26(15-19(20)23(29)25-22)17-5-2-1-3-6-17/h4,7,12,16-17H,1-3,5-6,8-11,13-15H2,(H,24,25,29)/t16-/m0/s1. The topological polar surface area (TPSA) is 69.3 Å². The predicted octanol–water partition coefficient (Wildman–Crippen LogP) is 3.08. The van der Waals surface area contributed by atoms with Crippen molar-refractivity contribution in [1.82, 2.24) is 19.8 Å². The largest absolute Gasteiger partial charge is 0.342 e. The second kappa shape index (κ2) is 8.63. The number of fused-ring (bicyclic) bond motifs is 1. The van der Waals surface area contributed by atoms with E-state index in [2.05, 4.69) is 9.88 Å². The van der Waals surface area contributed by atoms with Crippen molar-refractivity contribution in [3.05, 3.63) is 49.8 Å². The summed E-state index contributed by atoms with van der Waals surface area (Å²) in [7, 11) is 0. The van der Waals surface area contributed by atoms with Crippen molar-refractivity contribution in [2.75, 3.05) is 19.6 Å². The molecule has 2 aromatic rings. The number of amides is 1. The molecule has 160 valence electrons. The molecule has 1 aliphatic carbocycles. The summed E-state index contributed by atoms with van der Waals surface area (Å²) < 4.78 is 0. The van der Waals surface area contributed by atoms with Crippen LogP contribution in [0.3, 0.4) is 0 Å². The Morgan fingerprint density at radius 2 is 2.07 bits per heavy atom. The molecule has 0 aromatic carbocycles. The molecule has 0 bridgehead atoms. The van der Waals surface area contributed by atoms with Crippen LogP contribution >= 0.6 is 11.3 Å². The summed E-state index contributed by atoms with van der Waals surface area (Å²) in [6.45, 7) is 3.13. The maximum absolute atomic E-state index is 12.9. The van der Waals surface area contributed by atoms with Crippen molar-refractivity contribution in [1.29, 1.82) is 0 Å². The van der Waals surface area contributed by atoms with Crippen LogP contribution in [0.4, 0.5) is 0 Å². The number of thiophene rings is 1. The number of rotatable bonds is 4. The first kappa shape index (κ1) is 19.9. The molecule has 4 heterocycles. The lowest BCUT2D eigenvalue weighted by molar-refractivity contribution is -0.129. The minimum atomic E-state index is 0.0267. The summed E-state index contributed by atoms with van der Waals surface area (Å²) in [5.74, 6) is 1.08. The zero-order valence-electron chi connectivity index (χ0n) is 17.4. The second-order valence-electron chi connectivity index (χ2n) is 8.97. The van der Waals surface area contributed by atoms with Crippen molar-refractivity contribution >= 4 is 17.2 Å². The number of aromatic nitrogens is 2. The fourth-order valence-corrected chi connectivity index (χ4v) is 6.00. The maximum atomic E-state index is 12.9. The van der Waals surface area contributed by atoms with E-state index in [9.17, 15) is 9.59 Å². The zero-order valence-corrected chi connectivity index (χ0v) is 18.3. The maximum Gasteiger partial charge on any atom is 0.255 e. The average molecular weight is 427 g/mol. The lowest BCUT2D eigenvalue weighted by atomic mass is 9.92. The van der Waals surface area contributed by atoms with E-state index in [1.165, 1.54) is 32.1 Å². The molecule has 2 aromatic heterocycles. The molecular weight excluding hydrogens is 396 g/mol. The minimum Gasteiger partial charge on any atom is -0.342 e. The molecule has 3 aliphatic rings. The Kier molecular flexibility index (Phi) is 5.74. The predicted molar refractivity (Wildman–Crippen MR) is 118 cm³/mol. The van der Waals surface area contributed by atoms with Gasteiger partial charge in [-0.25, -0.2) is 4.98 Å². The lowest BCUT2D eigenvalue weighted by Crippen LogP contribution is -2.43. The van der Waals surface area contributed by atoms with Crippen molar-refractivity contribution in [2.24, 2.45) is 0 Å². The third kappa shape index (κ3) is 4.10. The van der Waals surface area contributed by atoms with E-state index in [0.717, 1.165) is 54.4 Å². The molecule has 0 radical (unpaired) electrons. The zero-order chi connectivity index (χ0) is 20.5. The molecule has 2 aliphatic heterocycles. The average Bonchev–Trinajstić information content (AvgIpc) is 3.46. The Labute approximate surface area is 181 Å². The van der Waals surface area contributed by atoms with Crippen LogP contribution in [-0.2, 0) is 24.2 Å². The number of nitrogens with zero attached hydrogens (tertiary/aromatic N) is 3. The molecular formula is C23H30N4O2S. The molecule has 5 rings (SSSR count). The van der Waals surface area contributed by atoms with Gasteiger partial charge in [0.05, 0.1) is 17.7 Å². The molecule has 1 N–H and O–H groups in total. The summed E-state index contributed by atoms with van der Waals surface area (Å²) in [5.41, 5.74) is 1.86. The van der Waals surface area contributed by atoms with Gasteiger partial charge in [0.25, 0.3) is 5.56 Å². The third-order valence-electron chi connectivity index (χ3n) is 7.04. The molecule has 30 heavy (non-hydrogen) atoms. The first-order chi connectivity index (χ1) is 14.7. The summed E-state index contributed by atoms with van der Waals surface area (Å²) >= 11 is 1.62. The normalized spacial score (nSPS) is 22.9. The lowest BCUT2D eigenvalue weighted by Gasteiger charge is -2.37. The van der Waals surface area contributed by atoms with Gasteiger partial charge >= 0.3 is 0 Å². The molecule has 1 saturated heterocycles. The molecule has 1 atom stereocenters. The summed E-state index contributed by atoms with van der Waals surface area (Å²) in [6.07, 6.45) is 8.68. The van der Waals surface area contributed by atoms with Crippen molar-refractivity contribution in [3.63, 3.8) is 0 Å². The Balaban J connectivity index is 1.26. The fraction of sp³-hybridized carbons (Fsp3) is 0.609. The van der Waals surface area contributed by atoms with E-state index in [0.29, 0.717) is 19.0 Å². The van der Waals surface area contributed by atoms with Gasteiger partial charge in [-0.2, -0.15) is 0 Å². The number of hydrogen-bond acceptors (Lipinski definition) is 5. The summed E-state index contributed by atoms with van der Waals surface area (Å²) in [5, 5.41) is 2.01. The highest BCUT2D eigenvalue weighted by molar-refractivity contribution is 7.10. The highest BCUT2D eigenvalue weighted by atomic mass is 32.1. The van der Waals surface area contributed by atoms with Crippen molar-refractivity contribution in [3.8, 4) is 0 Å². The van der Waals surface area contributed by atoms with Gasteiger partial charge in [-0.15, -0.1) is 11.3 Å². The molecule has 2 fully saturated rings. The van der Waals surface area contributed by atoms with Gasteiger partial charge in [0, 0.05) is 49.4 Å². The smallest absolute Gasteiger partial charge is 0.255 e. The quantitative estimate of drug-likeness (QED) is 0.816. The van der Waals surface area contributed by atoms with Gasteiger partial charge in [-0.1, -0.05) is 25.3 Å². The first-order valence-electron chi connectivity index (χ1n) is 11.3. The first-order valence-corrected chi connectivity index (χ1v) is 12.2. The number of nitrogens with one attached hydrogen (secondary N) is 1. The summed E-state index contributed by atoms with van der Waals surface area (Å²) in [6, 6.07) is 4.62. The second-order valence-corrected chi connectivity index (χ2v) is 10.0. The van der Waals surface area contributed by atoms with Crippen LogP contribution in [0.5, 0.6) is 0 Å². The molecule has 6 nitrogen and oxygen atoms in total. The Bertz CT molecular complexity index is 949. The number of H-pyrrole nitrogens is 1. The van der Waals surface area contributed by atoms with Gasteiger partial charge < -0.3 is 9.88 Å². The van der Waals surface area contributed by atoms with Gasteiger partial charge in [0.1, 0.15) is 5.82 Å². The SMILES string of the molecule is O=C(Cc1cccs1)N1CC[C@H](c2nc3c(c(=O)[nH]2)CN(C2CCCCC2)CC3)C1. The number of carbonyl (C=O) groups excluding carboxylic acids is 1. The Morgan fingerprint density at radius 3 is 2.87 bits per heavy atom. The third-order valence-corrected chi connectivity index (χ3v) is 7.92. The Morgan fingerprint density at radius 1 is 1.20 bits per heavy atom. The number of hydrogen-bond donors (Lipinski definition) is 1. The Hall–Kier alpha value is -1.99. The monoisotopic (exact) mass is 426 g/mol. The summed E-state index contributed by atoms with van der Waals surface area (Å²) in [4.78, 5) is 39.0. The molecule has 0 unspecified atom stereocenters. The number of carbonyl (C=O) groups is 1. The van der Waals surface area contributed by atoms with E-state index in [1.54, 1.807) is 11.3 Å². The van der Waals surface area contributed by atoms with Crippen LogP contribution in [0.15, 0.2) is 22.3 Å². The van der Waals surface area contributed by atoms with Gasteiger partial charge in [-0.05, 0) is 30.7 Å². The van der Waals surface area contributed by atoms with Crippen molar-refractivity contribution < 1.29 is 4.79 Å². The van der Waals surface area contributed by atoms with E-state index < -0.39 is 0 Å². The highest BCUT2D eigenvalue weighted by Crippen LogP contribution is 2.29. The van der Waals surface area contributed by atoms with E-state index in [4.69, 9.17) is 4.98 Å². The molecule has 0 spiro atoms. The van der Waals surface area contributed by atoms with Crippen LogP contribution in [-0.4, -0.2) is 51.4 Å². The number of likely N-dealkylation sites (tertiary alicyclic amines) is 1. The molecule has 7 heteroatoms. The van der Waals surface area contributed by atoms with Gasteiger partial charge in [-0.3, -0.25) is 14.5 Å². The molecule has 1 amide bonds. The van der Waals surface area contributed by atoms with Gasteiger partial charge in [0.15, 0.2) is 0 Å². The van der Waals surface area contributed by atoms with Crippen LogP contribution in [0.1, 0.15) is 66.4 Å². The van der Waals surface area contributed by atoms with E-state index in [1.807, 2.05) is 22.4 Å². The number of aromatic amines is 1. The van der Waals surface area contributed by atoms with Crippen LogP contribution in [0.2, 0.25) is 0 Å². The fourth-order valence-electron chi connectivity index (χ4n) is 5.30. The highest BCUT2D eigenvalue weighted by Gasteiger charge is 2.32. The van der Waals surface area contributed by atoms with Gasteiger partial charge in [0.2, 0.25) is 5.91 Å². The van der Waals surface area contributed by atoms with Crippen LogP contribution < -0.4 is 5.56 Å². The van der Waals surface area contributed by atoms with Crippen molar-refractivity contribution in [2.45, 2.75) is 69.9 Å². The van der Waals surface area contributed by atoms with Crippen LogP contribution in [0.25, 0.3) is 0 Å².